The van der Waals surface area contributed by atoms with E-state index in [1.54, 1.807) is 0 Å². The van der Waals surface area contributed by atoms with E-state index in [-0.39, 0.29) is 0 Å². The minimum absolute atomic E-state index is 0.500. The maximum Gasteiger partial charge on any atom is 0 e. The van der Waals surface area contributed by atoms with E-state index in [1.807, 2.05) is 0 Å². The summed E-state index contributed by atoms with van der Waals surface area (Å²) in [5.41, 5.74) is 0.500. The zero-order chi connectivity index (χ0) is 6.50. The molecule has 0 amide bonds. The molecule has 0 aliphatic carbocycles. The molecule has 2 heteroatoms. The van der Waals surface area contributed by atoms with E-state index in [0.717, 1.165) is 0 Å². The Balaban J connectivity index is 0. The normalized spacial score (nSPS) is 9.14. The van der Waals surface area contributed by atoms with Gasteiger partial charge in [-0.15, -0.1) is 0 Å². The third-order valence-electron chi connectivity index (χ3n) is 0. The quantitative estimate of drug-likeness (QED) is 0.500. The molecule has 0 saturated carbocycles. The first-order valence-electron chi connectivity index (χ1n) is 2.17. The fraction of sp³-hybridized carbons (Fsp3) is 1.00. The summed E-state index contributed by atoms with van der Waals surface area (Å²) in [7, 11) is 0. The zero-order valence-corrected chi connectivity index (χ0v) is 6.95. The molecule has 0 aromatic carbocycles. The summed E-state index contributed by atoms with van der Waals surface area (Å²) in [5.74, 6) is 0. The van der Waals surface area contributed by atoms with Gasteiger partial charge in [0.15, 0.2) is 0 Å². The second kappa shape index (κ2) is 4.60. The highest BCUT2D eigenvalue weighted by atomic mass is 32.8. The molecule has 7 heavy (non-hydrogen) atoms. The Morgan fingerprint density at radius 2 is 0.857 bits per heavy atom. The molecular weight excluding hydrogens is 124 g/mol. The molecule has 0 nitrogen and oxygen atoms in total. The Morgan fingerprint density at radius 3 is 0.857 bits per heavy atom. The summed E-state index contributed by atoms with van der Waals surface area (Å²) in [5, 5.41) is 0. The average molecular weight is 136 g/mol. The molecule has 0 N–H and O–H groups in total. The van der Waals surface area contributed by atoms with Gasteiger partial charge in [-0.25, -0.2) is 0 Å². The van der Waals surface area contributed by atoms with Crippen molar-refractivity contribution in [3.05, 3.63) is 0 Å². The number of hydrogen-bond donors (Lipinski definition) is 0. The zero-order valence-electron chi connectivity index (χ0n) is 5.32. The average Bonchev–Trinajstić information content (AvgIpc) is 1.36. The topological polar surface area (TPSA) is 0 Å². The molecule has 0 atom stereocenters. The van der Waals surface area contributed by atoms with Crippen LogP contribution < -0.4 is 0 Å². The Hall–Kier alpha value is 0.440. The van der Waals surface area contributed by atoms with Gasteiger partial charge in [-0.3, -0.25) is 0 Å². The molecule has 0 aromatic rings. The lowest BCUT2D eigenvalue weighted by Crippen LogP contribution is -1.93. The van der Waals surface area contributed by atoms with Gasteiger partial charge in [-0.1, -0.05) is 27.7 Å². The smallest absolute Gasteiger partial charge is 0 e. The van der Waals surface area contributed by atoms with E-state index >= 15 is 0 Å². The summed E-state index contributed by atoms with van der Waals surface area (Å²) in [6, 6.07) is 0. The minimum Gasteiger partial charge on any atom is -0.0604 e. The van der Waals surface area contributed by atoms with Crippen LogP contribution in [0.1, 0.15) is 27.7 Å². The molecule has 0 unspecified atom stereocenters. The van der Waals surface area contributed by atoms with Crippen molar-refractivity contribution in [3.8, 4) is 0 Å². The van der Waals surface area contributed by atoms with Crippen LogP contribution in [0.3, 0.4) is 0 Å². The van der Waals surface area contributed by atoms with E-state index in [9.17, 15) is 0 Å². The fourth-order valence-electron chi connectivity index (χ4n) is 0. The first-order chi connectivity index (χ1) is 3.00. The molecule has 0 aliphatic rings. The Labute approximate surface area is 56.0 Å². The van der Waals surface area contributed by atoms with Gasteiger partial charge >= 0.3 is 0 Å². The third-order valence-corrected chi connectivity index (χ3v) is 0. The van der Waals surface area contributed by atoms with Crippen LogP contribution >= 0.6 is 0 Å². The number of rotatable bonds is 0. The maximum absolute atomic E-state index is 3.67. The molecule has 0 aliphatic heterocycles. The molecule has 0 bridgehead atoms. The van der Waals surface area contributed by atoms with Crippen molar-refractivity contribution < 1.29 is 0 Å². The van der Waals surface area contributed by atoms with Gasteiger partial charge in [-0.05, 0) is 5.41 Å². The summed E-state index contributed by atoms with van der Waals surface area (Å²) in [4.78, 5) is 0. The molecule has 0 heterocycles. The van der Waals surface area contributed by atoms with Gasteiger partial charge < -0.3 is 0 Å². The van der Waals surface area contributed by atoms with Gasteiger partial charge in [0.1, 0.15) is 0 Å². The Bertz CT molecular complexity index is 29.8. The molecule has 0 aromatic heterocycles. The van der Waals surface area contributed by atoms with Crippen molar-refractivity contribution >= 4 is 22.4 Å². The molecular formula is C5H12S2. The van der Waals surface area contributed by atoms with Crippen LogP contribution in [0.5, 0.6) is 0 Å². The highest BCUT2D eigenvalue weighted by Crippen LogP contribution is 2.07. The fourth-order valence-corrected chi connectivity index (χ4v) is 0. The number of hydrogen-bond acceptors (Lipinski definition) is 2. The summed E-state index contributed by atoms with van der Waals surface area (Å²) in [6.45, 7) is 8.75. The van der Waals surface area contributed by atoms with Crippen molar-refractivity contribution in [1.29, 1.82) is 0 Å². The van der Waals surface area contributed by atoms with Gasteiger partial charge in [-0.2, -0.15) is 0 Å². The van der Waals surface area contributed by atoms with E-state index < -0.39 is 0 Å². The predicted molar refractivity (Wildman–Crippen MR) is 39.9 cm³/mol. The molecule has 0 fully saturated rings. The molecule has 0 radical (unpaired) electrons. The van der Waals surface area contributed by atoms with E-state index in [0.29, 0.717) is 5.41 Å². The van der Waals surface area contributed by atoms with E-state index in [1.165, 1.54) is 0 Å². The lowest BCUT2D eigenvalue weighted by molar-refractivity contribution is 0.469. The van der Waals surface area contributed by atoms with Crippen molar-refractivity contribution in [2.75, 3.05) is 0 Å². The van der Waals surface area contributed by atoms with Crippen molar-refractivity contribution in [2.45, 2.75) is 27.7 Å². The lowest BCUT2D eigenvalue weighted by atomic mass is 10.0. The summed E-state index contributed by atoms with van der Waals surface area (Å²) in [6.07, 6.45) is 0. The van der Waals surface area contributed by atoms with Crippen LogP contribution in [-0.2, 0) is 22.4 Å². The van der Waals surface area contributed by atoms with Crippen LogP contribution in [-0.4, -0.2) is 0 Å². The Morgan fingerprint density at radius 1 is 0.857 bits per heavy atom. The summed E-state index contributed by atoms with van der Waals surface area (Å²) < 4.78 is 0. The molecule has 0 rings (SSSR count). The van der Waals surface area contributed by atoms with Crippen molar-refractivity contribution in [3.63, 3.8) is 0 Å². The maximum atomic E-state index is 3.67. The highest BCUT2D eigenvalue weighted by molar-refractivity contribution is 8.07. The van der Waals surface area contributed by atoms with Crippen molar-refractivity contribution in [2.24, 2.45) is 5.41 Å². The molecule has 0 spiro atoms. The van der Waals surface area contributed by atoms with E-state index in [4.69, 9.17) is 0 Å². The largest absolute Gasteiger partial charge is 0.0604 e. The second-order valence-electron chi connectivity index (χ2n) is 3.00. The van der Waals surface area contributed by atoms with Gasteiger partial charge in [0.25, 0.3) is 0 Å². The second-order valence-corrected chi connectivity index (χ2v) is 3.00. The van der Waals surface area contributed by atoms with Crippen LogP contribution in [0.4, 0.5) is 0 Å². The van der Waals surface area contributed by atoms with Crippen LogP contribution in [0.2, 0.25) is 0 Å². The van der Waals surface area contributed by atoms with E-state index in [2.05, 4.69) is 50.1 Å². The van der Waals surface area contributed by atoms with Crippen LogP contribution in [0, 0.1) is 5.41 Å². The monoisotopic (exact) mass is 136 g/mol. The van der Waals surface area contributed by atoms with Gasteiger partial charge in [0.05, 0.1) is 0 Å². The van der Waals surface area contributed by atoms with Crippen LogP contribution in [0.15, 0.2) is 0 Å². The SMILES string of the molecule is CC(C)(C)C.S=S. The standard InChI is InChI=1S/C5H12.S2/c1-5(2,3)4;1-2/h1-4H3;. The minimum atomic E-state index is 0.500. The first kappa shape index (κ1) is 10.4. The van der Waals surface area contributed by atoms with Gasteiger partial charge in [0, 0.05) is 22.4 Å². The third kappa shape index (κ3) is 656. The first-order valence-corrected chi connectivity index (χ1v) is 3.50. The molecule has 44 valence electrons. The van der Waals surface area contributed by atoms with Gasteiger partial charge in [0.2, 0.25) is 0 Å². The van der Waals surface area contributed by atoms with Crippen molar-refractivity contribution in [1.82, 2.24) is 0 Å². The molecule has 0 saturated heterocycles. The Kier molecular flexibility index (Phi) is 6.84. The highest BCUT2D eigenvalue weighted by Gasteiger charge is 1.95. The van der Waals surface area contributed by atoms with Crippen LogP contribution in [0.25, 0.3) is 0 Å². The summed E-state index contributed by atoms with van der Waals surface area (Å²) >= 11 is 7.33. The predicted octanol–water partition coefficient (Wildman–Crippen LogP) is 2.05. The lowest BCUT2D eigenvalue weighted by Gasteiger charge is -2.05.